The monoisotopic (exact) mass is 414 g/mol. The average molecular weight is 415 g/mol. The van der Waals surface area contributed by atoms with Crippen LogP contribution in [0.2, 0.25) is 5.02 Å². The van der Waals surface area contributed by atoms with E-state index in [9.17, 15) is 9.59 Å². The van der Waals surface area contributed by atoms with Gasteiger partial charge in [0.2, 0.25) is 0 Å². The molecule has 1 N–H and O–H groups in total. The molecule has 0 radical (unpaired) electrons. The Kier molecular flexibility index (Phi) is 5.84. The van der Waals surface area contributed by atoms with Gasteiger partial charge < -0.3 is 14.8 Å². The Labute approximate surface area is 175 Å². The molecule has 3 rings (SSSR count). The van der Waals surface area contributed by atoms with Gasteiger partial charge in [-0.1, -0.05) is 23.7 Å². The number of carbonyl (C=O) groups excluding carboxylic acids is 2. The molecule has 2 aromatic carbocycles. The predicted octanol–water partition coefficient (Wildman–Crippen LogP) is 4.27. The normalized spacial score (nSPS) is 14.1. The van der Waals surface area contributed by atoms with E-state index < -0.39 is 0 Å². The molecule has 1 heterocycles. The first-order valence-corrected chi connectivity index (χ1v) is 9.54. The highest BCUT2D eigenvalue weighted by Gasteiger charge is 2.41. The minimum atomic E-state index is -0.380. The summed E-state index contributed by atoms with van der Waals surface area (Å²) in [5.41, 5.74) is 2.62. The number of methoxy groups -OCH3 is 2. The molecule has 6 nitrogen and oxygen atoms in total. The second-order valence-electron chi connectivity index (χ2n) is 6.98. The molecule has 152 valence electrons. The zero-order chi connectivity index (χ0) is 21.3. The number of hydrogen-bond acceptors (Lipinski definition) is 5. The molecule has 1 aliphatic heterocycles. The van der Waals surface area contributed by atoms with E-state index in [1.807, 2.05) is 13.0 Å². The van der Waals surface area contributed by atoms with E-state index in [0.29, 0.717) is 27.8 Å². The fraction of sp³-hybridized carbons (Fsp3) is 0.273. The first-order chi connectivity index (χ1) is 13.8. The van der Waals surface area contributed by atoms with E-state index in [1.165, 1.54) is 19.1 Å². The SMILES string of the molecule is COc1ccc(C2=C(Nc3cc(Cl)ccc3C)C(=O)N(C(C)C)C2=O)cc1OC. The Morgan fingerprint density at radius 1 is 0.966 bits per heavy atom. The number of benzene rings is 2. The summed E-state index contributed by atoms with van der Waals surface area (Å²) in [4.78, 5) is 27.5. The number of ether oxygens (including phenoxy) is 2. The number of imide groups is 1. The van der Waals surface area contributed by atoms with Gasteiger partial charge in [-0.15, -0.1) is 0 Å². The Bertz CT molecular complexity index is 1010. The van der Waals surface area contributed by atoms with Crippen LogP contribution in [0.5, 0.6) is 11.5 Å². The van der Waals surface area contributed by atoms with Gasteiger partial charge in [-0.3, -0.25) is 14.5 Å². The van der Waals surface area contributed by atoms with Gasteiger partial charge in [0.25, 0.3) is 11.8 Å². The summed E-state index contributed by atoms with van der Waals surface area (Å²) < 4.78 is 10.6. The van der Waals surface area contributed by atoms with E-state index in [0.717, 1.165) is 5.56 Å². The molecule has 2 amide bonds. The first kappa shape index (κ1) is 20.7. The van der Waals surface area contributed by atoms with Crippen LogP contribution in [-0.2, 0) is 9.59 Å². The molecular weight excluding hydrogens is 392 g/mol. The van der Waals surface area contributed by atoms with Crippen LogP contribution < -0.4 is 14.8 Å². The van der Waals surface area contributed by atoms with Gasteiger partial charge in [-0.25, -0.2) is 0 Å². The molecule has 0 bridgehead atoms. The quantitative estimate of drug-likeness (QED) is 0.715. The summed E-state index contributed by atoms with van der Waals surface area (Å²) in [6.45, 7) is 5.50. The third-order valence-corrected chi connectivity index (χ3v) is 5.00. The highest BCUT2D eigenvalue weighted by atomic mass is 35.5. The number of rotatable bonds is 6. The predicted molar refractivity (Wildman–Crippen MR) is 113 cm³/mol. The zero-order valence-corrected chi connectivity index (χ0v) is 17.8. The van der Waals surface area contributed by atoms with Crippen molar-refractivity contribution in [3.05, 3.63) is 58.2 Å². The van der Waals surface area contributed by atoms with E-state index in [-0.39, 0.29) is 29.1 Å². The Morgan fingerprint density at radius 3 is 2.28 bits per heavy atom. The maximum atomic E-state index is 13.2. The summed E-state index contributed by atoms with van der Waals surface area (Å²) >= 11 is 6.12. The topological polar surface area (TPSA) is 67.9 Å². The lowest BCUT2D eigenvalue weighted by Crippen LogP contribution is -2.38. The molecule has 0 aliphatic carbocycles. The van der Waals surface area contributed by atoms with Crippen LogP contribution in [0.15, 0.2) is 42.1 Å². The minimum Gasteiger partial charge on any atom is -0.493 e. The molecule has 0 fully saturated rings. The van der Waals surface area contributed by atoms with E-state index in [2.05, 4.69) is 5.32 Å². The van der Waals surface area contributed by atoms with Crippen LogP contribution >= 0.6 is 11.6 Å². The second kappa shape index (κ2) is 8.17. The summed E-state index contributed by atoms with van der Waals surface area (Å²) in [6.07, 6.45) is 0. The molecule has 29 heavy (non-hydrogen) atoms. The van der Waals surface area contributed by atoms with Crippen LogP contribution in [0.3, 0.4) is 0 Å². The molecule has 1 aliphatic rings. The Morgan fingerprint density at radius 2 is 1.66 bits per heavy atom. The van der Waals surface area contributed by atoms with Gasteiger partial charge in [0.1, 0.15) is 5.70 Å². The van der Waals surface area contributed by atoms with Crippen molar-refractivity contribution in [1.82, 2.24) is 4.90 Å². The second-order valence-corrected chi connectivity index (χ2v) is 7.41. The lowest BCUT2D eigenvalue weighted by molar-refractivity contribution is -0.138. The Balaban J connectivity index is 2.17. The highest BCUT2D eigenvalue weighted by molar-refractivity contribution is 6.37. The zero-order valence-electron chi connectivity index (χ0n) is 17.0. The van der Waals surface area contributed by atoms with Gasteiger partial charge >= 0.3 is 0 Å². The number of carbonyl (C=O) groups is 2. The van der Waals surface area contributed by atoms with Crippen LogP contribution in [0.25, 0.3) is 5.57 Å². The van der Waals surface area contributed by atoms with Crippen molar-refractivity contribution in [2.75, 3.05) is 19.5 Å². The molecule has 2 aromatic rings. The number of hydrogen-bond donors (Lipinski definition) is 1. The highest BCUT2D eigenvalue weighted by Crippen LogP contribution is 2.36. The molecule has 0 atom stereocenters. The Hall–Kier alpha value is -2.99. The molecule has 0 spiro atoms. The molecule has 0 saturated carbocycles. The van der Waals surface area contributed by atoms with Crippen LogP contribution in [0, 0.1) is 6.92 Å². The molecule has 0 unspecified atom stereocenters. The van der Waals surface area contributed by atoms with Crippen molar-refractivity contribution in [3.63, 3.8) is 0 Å². The van der Waals surface area contributed by atoms with Crippen LogP contribution in [0.1, 0.15) is 25.0 Å². The number of nitrogens with zero attached hydrogens (tertiary/aromatic N) is 1. The third-order valence-electron chi connectivity index (χ3n) is 4.76. The van der Waals surface area contributed by atoms with Crippen molar-refractivity contribution >= 4 is 34.7 Å². The third kappa shape index (κ3) is 3.80. The molecule has 0 aromatic heterocycles. The van der Waals surface area contributed by atoms with E-state index in [1.54, 1.807) is 44.2 Å². The average Bonchev–Trinajstić information content (AvgIpc) is 2.93. The van der Waals surface area contributed by atoms with Gasteiger partial charge in [-0.2, -0.15) is 0 Å². The van der Waals surface area contributed by atoms with Gasteiger partial charge in [-0.05, 0) is 56.2 Å². The number of nitrogens with one attached hydrogen (secondary N) is 1. The summed E-state index contributed by atoms with van der Waals surface area (Å²) in [6, 6.07) is 10.2. The molecular formula is C22H23ClN2O4. The standard InChI is InChI=1S/C22H23ClN2O4/c1-12(2)25-21(26)19(14-7-9-17(28-4)18(10-14)29-5)20(22(25)27)24-16-11-15(23)8-6-13(16)3/h6-12,24H,1-5H3. The number of anilines is 1. The number of amides is 2. The fourth-order valence-electron chi connectivity index (χ4n) is 3.26. The van der Waals surface area contributed by atoms with Gasteiger partial charge in [0.15, 0.2) is 11.5 Å². The van der Waals surface area contributed by atoms with Crippen LogP contribution in [-0.4, -0.2) is 37.0 Å². The maximum Gasteiger partial charge on any atom is 0.278 e. The molecule has 7 heteroatoms. The number of aryl methyl sites for hydroxylation is 1. The molecule has 0 saturated heterocycles. The van der Waals surface area contributed by atoms with Crippen LogP contribution in [0.4, 0.5) is 5.69 Å². The first-order valence-electron chi connectivity index (χ1n) is 9.16. The minimum absolute atomic E-state index is 0.210. The van der Waals surface area contributed by atoms with Crippen molar-refractivity contribution in [3.8, 4) is 11.5 Å². The fourth-order valence-corrected chi connectivity index (χ4v) is 3.43. The largest absolute Gasteiger partial charge is 0.493 e. The lowest BCUT2D eigenvalue weighted by Gasteiger charge is -2.19. The smallest absolute Gasteiger partial charge is 0.278 e. The van der Waals surface area contributed by atoms with Crippen molar-refractivity contribution in [2.45, 2.75) is 26.8 Å². The summed E-state index contributed by atoms with van der Waals surface area (Å²) in [7, 11) is 3.06. The van der Waals surface area contributed by atoms with Gasteiger partial charge in [0, 0.05) is 16.8 Å². The van der Waals surface area contributed by atoms with E-state index in [4.69, 9.17) is 21.1 Å². The van der Waals surface area contributed by atoms with Crippen molar-refractivity contribution < 1.29 is 19.1 Å². The number of halogens is 1. The van der Waals surface area contributed by atoms with Crippen molar-refractivity contribution in [2.24, 2.45) is 0 Å². The van der Waals surface area contributed by atoms with Crippen molar-refractivity contribution in [1.29, 1.82) is 0 Å². The van der Waals surface area contributed by atoms with E-state index >= 15 is 0 Å². The summed E-state index contributed by atoms with van der Waals surface area (Å²) in [5.74, 6) is 0.266. The lowest BCUT2D eigenvalue weighted by atomic mass is 10.0. The maximum absolute atomic E-state index is 13.2. The van der Waals surface area contributed by atoms with Gasteiger partial charge in [0.05, 0.1) is 19.8 Å². The summed E-state index contributed by atoms with van der Waals surface area (Å²) in [5, 5.41) is 3.67.